The summed E-state index contributed by atoms with van der Waals surface area (Å²) >= 11 is 0. The summed E-state index contributed by atoms with van der Waals surface area (Å²) in [7, 11) is 0. The van der Waals surface area contributed by atoms with Crippen LogP contribution in [0.15, 0.2) is 48.8 Å². The molecule has 0 fully saturated rings. The highest BCUT2D eigenvalue weighted by Crippen LogP contribution is 2.24. The number of aryl methyl sites for hydroxylation is 1. The first-order chi connectivity index (χ1) is 9.81. The Labute approximate surface area is 115 Å². The van der Waals surface area contributed by atoms with Crippen LogP contribution in [0, 0.1) is 6.92 Å². The van der Waals surface area contributed by atoms with Gasteiger partial charge in [0.25, 0.3) is 0 Å². The van der Waals surface area contributed by atoms with Crippen molar-refractivity contribution in [3.8, 4) is 16.9 Å². The van der Waals surface area contributed by atoms with E-state index in [1.807, 2.05) is 43.3 Å². The second-order valence-corrected chi connectivity index (χ2v) is 4.38. The first-order valence-corrected chi connectivity index (χ1v) is 6.18. The lowest BCUT2D eigenvalue weighted by molar-refractivity contribution is 0.111. The van der Waals surface area contributed by atoms with E-state index in [0.29, 0.717) is 17.7 Å². The average Bonchev–Trinajstić information content (AvgIpc) is 2.92. The molecule has 5 nitrogen and oxygen atoms in total. The lowest BCUT2D eigenvalue weighted by Gasteiger charge is -2.09. The highest BCUT2D eigenvalue weighted by Gasteiger charge is 2.16. The molecule has 0 unspecified atom stereocenters. The first-order valence-electron chi connectivity index (χ1n) is 6.18. The topological polar surface area (TPSA) is 60.7 Å². The zero-order chi connectivity index (χ0) is 13.9. The van der Waals surface area contributed by atoms with Crippen LogP contribution in [0.5, 0.6) is 0 Å². The molecule has 0 aliphatic heterocycles. The molecule has 98 valence electrons. The van der Waals surface area contributed by atoms with Crippen LogP contribution in [0.1, 0.15) is 16.1 Å². The summed E-state index contributed by atoms with van der Waals surface area (Å²) in [5.74, 6) is 0. The van der Waals surface area contributed by atoms with Crippen LogP contribution in [-0.4, -0.2) is 26.3 Å². The van der Waals surface area contributed by atoms with Crippen molar-refractivity contribution in [3.05, 3.63) is 60.0 Å². The number of aromatic nitrogens is 4. The first kappa shape index (κ1) is 12.2. The van der Waals surface area contributed by atoms with Crippen LogP contribution in [0.3, 0.4) is 0 Å². The van der Waals surface area contributed by atoms with Crippen LogP contribution in [-0.2, 0) is 0 Å². The molecule has 5 heteroatoms. The Hall–Kier alpha value is -2.82. The average molecular weight is 264 g/mol. The molecule has 1 aromatic carbocycles. The van der Waals surface area contributed by atoms with Crippen LogP contribution < -0.4 is 0 Å². The Balaban J connectivity index is 2.26. The zero-order valence-electron chi connectivity index (χ0n) is 10.9. The molecule has 2 heterocycles. The SMILES string of the molecule is Cc1ccccc1-n1nnc(C=O)c1-c1cccnc1. The summed E-state index contributed by atoms with van der Waals surface area (Å²) in [4.78, 5) is 15.3. The van der Waals surface area contributed by atoms with Crippen molar-refractivity contribution in [3.63, 3.8) is 0 Å². The Morgan fingerprint density at radius 1 is 1.15 bits per heavy atom. The van der Waals surface area contributed by atoms with Crippen molar-refractivity contribution < 1.29 is 4.79 Å². The number of aldehydes is 1. The van der Waals surface area contributed by atoms with E-state index in [1.165, 1.54) is 0 Å². The predicted octanol–water partition coefficient (Wildman–Crippen LogP) is 2.45. The van der Waals surface area contributed by atoms with Gasteiger partial charge < -0.3 is 0 Å². The third-order valence-electron chi connectivity index (χ3n) is 3.09. The largest absolute Gasteiger partial charge is 0.296 e. The Morgan fingerprint density at radius 3 is 2.70 bits per heavy atom. The lowest BCUT2D eigenvalue weighted by atomic mass is 10.1. The van der Waals surface area contributed by atoms with Crippen molar-refractivity contribution in [2.24, 2.45) is 0 Å². The van der Waals surface area contributed by atoms with Gasteiger partial charge in [0.2, 0.25) is 0 Å². The van der Waals surface area contributed by atoms with E-state index < -0.39 is 0 Å². The number of hydrogen-bond donors (Lipinski definition) is 0. The quantitative estimate of drug-likeness (QED) is 0.682. The summed E-state index contributed by atoms with van der Waals surface area (Å²) < 4.78 is 1.68. The summed E-state index contributed by atoms with van der Waals surface area (Å²) in [6.07, 6.45) is 4.09. The minimum atomic E-state index is 0.307. The van der Waals surface area contributed by atoms with Crippen molar-refractivity contribution in [2.75, 3.05) is 0 Å². The molecular weight excluding hydrogens is 252 g/mol. The monoisotopic (exact) mass is 264 g/mol. The van der Waals surface area contributed by atoms with Gasteiger partial charge in [-0.1, -0.05) is 23.4 Å². The van der Waals surface area contributed by atoms with Crippen LogP contribution >= 0.6 is 0 Å². The van der Waals surface area contributed by atoms with E-state index in [2.05, 4.69) is 15.3 Å². The van der Waals surface area contributed by atoms with E-state index in [9.17, 15) is 4.79 Å². The lowest BCUT2D eigenvalue weighted by Crippen LogP contribution is -2.02. The molecule has 3 rings (SSSR count). The highest BCUT2D eigenvalue weighted by atomic mass is 16.1. The molecule has 0 saturated carbocycles. The van der Waals surface area contributed by atoms with Crippen LogP contribution in [0.25, 0.3) is 16.9 Å². The smallest absolute Gasteiger partial charge is 0.172 e. The van der Waals surface area contributed by atoms with Crippen molar-refractivity contribution in [2.45, 2.75) is 6.92 Å². The molecule has 20 heavy (non-hydrogen) atoms. The zero-order valence-corrected chi connectivity index (χ0v) is 10.9. The third kappa shape index (κ3) is 1.99. The second kappa shape index (κ2) is 5.05. The van der Waals surface area contributed by atoms with Gasteiger partial charge in [-0.3, -0.25) is 9.78 Å². The van der Waals surface area contributed by atoms with E-state index in [-0.39, 0.29) is 0 Å². The Bertz CT molecular complexity index is 750. The molecule has 0 radical (unpaired) electrons. The van der Waals surface area contributed by atoms with E-state index in [1.54, 1.807) is 17.1 Å². The van der Waals surface area contributed by atoms with Crippen molar-refractivity contribution >= 4 is 6.29 Å². The van der Waals surface area contributed by atoms with Crippen molar-refractivity contribution in [1.82, 2.24) is 20.0 Å². The van der Waals surface area contributed by atoms with Gasteiger partial charge in [-0.05, 0) is 30.7 Å². The summed E-state index contributed by atoms with van der Waals surface area (Å²) in [6.45, 7) is 1.99. The minimum absolute atomic E-state index is 0.307. The standard InChI is InChI=1S/C15H12N4O/c1-11-5-2-3-7-14(11)19-15(13(10-20)17-18-19)12-6-4-8-16-9-12/h2-10H,1H3. The maximum Gasteiger partial charge on any atom is 0.172 e. The number of carbonyl (C=O) groups is 1. The molecule has 0 aliphatic carbocycles. The normalized spacial score (nSPS) is 10.4. The van der Waals surface area contributed by atoms with E-state index in [0.717, 1.165) is 16.8 Å². The molecule has 0 saturated heterocycles. The molecule has 0 atom stereocenters. The number of para-hydroxylation sites is 1. The van der Waals surface area contributed by atoms with Crippen molar-refractivity contribution in [1.29, 1.82) is 0 Å². The molecule has 0 bridgehead atoms. The maximum absolute atomic E-state index is 11.2. The van der Waals surface area contributed by atoms with Gasteiger partial charge in [0, 0.05) is 18.0 Å². The second-order valence-electron chi connectivity index (χ2n) is 4.38. The molecule has 0 spiro atoms. The number of nitrogens with zero attached hydrogens (tertiary/aromatic N) is 4. The fourth-order valence-electron chi connectivity index (χ4n) is 2.12. The van der Waals surface area contributed by atoms with Gasteiger partial charge in [0.1, 0.15) is 5.69 Å². The summed E-state index contributed by atoms with van der Waals surface area (Å²) in [5.41, 5.74) is 3.72. The van der Waals surface area contributed by atoms with Gasteiger partial charge >= 0.3 is 0 Å². The molecule has 0 N–H and O–H groups in total. The molecule has 0 amide bonds. The van der Waals surface area contributed by atoms with Gasteiger partial charge in [0.05, 0.1) is 5.69 Å². The van der Waals surface area contributed by atoms with Crippen LogP contribution in [0.2, 0.25) is 0 Å². The predicted molar refractivity (Wildman–Crippen MR) is 74.7 cm³/mol. The Morgan fingerprint density at radius 2 is 2.00 bits per heavy atom. The third-order valence-corrected chi connectivity index (χ3v) is 3.09. The van der Waals surface area contributed by atoms with Gasteiger partial charge in [-0.25, -0.2) is 4.68 Å². The van der Waals surface area contributed by atoms with Gasteiger partial charge in [-0.15, -0.1) is 5.10 Å². The summed E-state index contributed by atoms with van der Waals surface area (Å²) in [6, 6.07) is 11.5. The van der Waals surface area contributed by atoms with E-state index in [4.69, 9.17) is 0 Å². The molecular formula is C15H12N4O. The minimum Gasteiger partial charge on any atom is -0.296 e. The molecule has 3 aromatic rings. The van der Waals surface area contributed by atoms with Gasteiger partial charge in [0.15, 0.2) is 12.0 Å². The number of benzene rings is 1. The fraction of sp³-hybridized carbons (Fsp3) is 0.0667. The molecule has 0 aliphatic rings. The Kier molecular flexibility index (Phi) is 3.09. The fourth-order valence-corrected chi connectivity index (χ4v) is 2.12. The molecule has 2 aromatic heterocycles. The maximum atomic E-state index is 11.2. The van der Waals surface area contributed by atoms with Gasteiger partial charge in [-0.2, -0.15) is 0 Å². The number of pyridine rings is 1. The van der Waals surface area contributed by atoms with Crippen LogP contribution in [0.4, 0.5) is 0 Å². The van der Waals surface area contributed by atoms with E-state index >= 15 is 0 Å². The number of rotatable bonds is 3. The number of carbonyl (C=O) groups excluding carboxylic acids is 1. The highest BCUT2D eigenvalue weighted by molar-refractivity contribution is 5.83. The summed E-state index contributed by atoms with van der Waals surface area (Å²) in [5, 5.41) is 8.05. The number of hydrogen-bond acceptors (Lipinski definition) is 4.